The number of anilines is 2. The SMILES string of the molecule is CC1CN(c2ccc(NC(=O)c3ccc(-c4ccccc4)[nH]c3=O)cc2)CC(C)O1. The van der Waals surface area contributed by atoms with Crippen molar-refractivity contribution < 1.29 is 9.53 Å². The molecule has 1 amide bonds. The molecule has 0 bridgehead atoms. The number of morpholine rings is 1. The number of aromatic nitrogens is 1. The summed E-state index contributed by atoms with van der Waals surface area (Å²) in [5, 5.41) is 2.80. The second kappa shape index (κ2) is 8.55. The van der Waals surface area contributed by atoms with Gasteiger partial charge in [-0.3, -0.25) is 9.59 Å². The predicted octanol–water partition coefficient (Wildman–Crippen LogP) is 3.91. The van der Waals surface area contributed by atoms with Crippen molar-refractivity contribution in [2.45, 2.75) is 26.1 Å². The van der Waals surface area contributed by atoms with Gasteiger partial charge in [0.05, 0.1) is 12.2 Å². The van der Waals surface area contributed by atoms with Crippen molar-refractivity contribution in [3.63, 3.8) is 0 Å². The number of hydrogen-bond donors (Lipinski definition) is 2. The smallest absolute Gasteiger partial charge is 0.261 e. The van der Waals surface area contributed by atoms with Crippen LogP contribution in [0.25, 0.3) is 11.3 Å². The molecule has 0 aliphatic carbocycles. The molecule has 0 radical (unpaired) electrons. The van der Waals surface area contributed by atoms with Gasteiger partial charge in [-0.15, -0.1) is 0 Å². The molecule has 1 aliphatic rings. The van der Waals surface area contributed by atoms with Crippen LogP contribution in [0.5, 0.6) is 0 Å². The van der Waals surface area contributed by atoms with Crippen molar-refractivity contribution in [2.75, 3.05) is 23.3 Å². The van der Waals surface area contributed by atoms with Crippen LogP contribution in [-0.2, 0) is 4.74 Å². The van der Waals surface area contributed by atoms with Gasteiger partial charge < -0.3 is 19.9 Å². The summed E-state index contributed by atoms with van der Waals surface area (Å²) in [6, 6.07) is 20.5. The maximum atomic E-state index is 12.6. The van der Waals surface area contributed by atoms with Crippen LogP contribution in [0.15, 0.2) is 71.5 Å². The van der Waals surface area contributed by atoms with Crippen molar-refractivity contribution in [1.29, 1.82) is 0 Å². The Morgan fingerprint density at radius 3 is 2.27 bits per heavy atom. The van der Waals surface area contributed by atoms with E-state index >= 15 is 0 Å². The van der Waals surface area contributed by atoms with Gasteiger partial charge in [-0.2, -0.15) is 0 Å². The van der Waals surface area contributed by atoms with E-state index in [1.54, 1.807) is 12.1 Å². The molecule has 1 saturated heterocycles. The lowest BCUT2D eigenvalue weighted by Gasteiger charge is -2.36. The van der Waals surface area contributed by atoms with Crippen molar-refractivity contribution in [3.8, 4) is 11.3 Å². The number of ether oxygens (including phenoxy) is 1. The first kappa shape index (κ1) is 19.9. The summed E-state index contributed by atoms with van der Waals surface area (Å²) >= 11 is 0. The molecule has 6 heteroatoms. The lowest BCUT2D eigenvalue weighted by molar-refractivity contribution is -0.00521. The highest BCUT2D eigenvalue weighted by atomic mass is 16.5. The Morgan fingerprint density at radius 1 is 0.967 bits per heavy atom. The summed E-state index contributed by atoms with van der Waals surface area (Å²) in [6.45, 7) is 5.80. The largest absolute Gasteiger partial charge is 0.372 e. The molecule has 2 unspecified atom stereocenters. The number of benzene rings is 2. The lowest BCUT2D eigenvalue weighted by atomic mass is 10.1. The van der Waals surface area contributed by atoms with Crippen LogP contribution in [0, 0.1) is 0 Å². The zero-order chi connectivity index (χ0) is 21.1. The van der Waals surface area contributed by atoms with Gasteiger partial charge in [0, 0.05) is 30.2 Å². The van der Waals surface area contributed by atoms with Gasteiger partial charge in [-0.25, -0.2) is 0 Å². The van der Waals surface area contributed by atoms with E-state index in [4.69, 9.17) is 4.74 Å². The van der Waals surface area contributed by atoms with Gasteiger partial charge in [0.25, 0.3) is 11.5 Å². The zero-order valence-corrected chi connectivity index (χ0v) is 17.1. The highest BCUT2D eigenvalue weighted by Gasteiger charge is 2.22. The standard InChI is InChI=1S/C24H25N3O3/c1-16-14-27(15-17(2)30-16)20-10-8-19(9-11-20)25-23(28)21-12-13-22(26-24(21)29)18-6-4-3-5-7-18/h3-13,16-17H,14-15H2,1-2H3,(H,25,28)(H,26,29). The molecule has 1 fully saturated rings. The van der Waals surface area contributed by atoms with Crippen LogP contribution in [0.2, 0.25) is 0 Å². The number of hydrogen-bond acceptors (Lipinski definition) is 4. The fourth-order valence-electron chi connectivity index (χ4n) is 3.78. The Balaban J connectivity index is 1.46. The van der Waals surface area contributed by atoms with Crippen LogP contribution >= 0.6 is 0 Å². The Labute approximate surface area is 175 Å². The Bertz CT molecular complexity index is 1070. The van der Waals surface area contributed by atoms with Gasteiger partial charge in [0.2, 0.25) is 0 Å². The number of carbonyl (C=O) groups excluding carboxylic acids is 1. The maximum Gasteiger partial charge on any atom is 0.261 e. The minimum absolute atomic E-state index is 0.0783. The van der Waals surface area contributed by atoms with Crippen molar-refractivity contribution in [3.05, 3.63) is 82.6 Å². The second-order valence-electron chi connectivity index (χ2n) is 7.64. The second-order valence-corrected chi connectivity index (χ2v) is 7.64. The predicted molar refractivity (Wildman–Crippen MR) is 119 cm³/mol. The van der Waals surface area contributed by atoms with E-state index in [0.717, 1.165) is 24.3 Å². The molecule has 1 aliphatic heterocycles. The van der Waals surface area contributed by atoms with Crippen LogP contribution < -0.4 is 15.8 Å². The molecule has 30 heavy (non-hydrogen) atoms. The van der Waals surface area contributed by atoms with E-state index in [2.05, 4.69) is 29.0 Å². The summed E-state index contributed by atoms with van der Waals surface area (Å²) in [5.41, 5.74) is 2.96. The van der Waals surface area contributed by atoms with Gasteiger partial charge in [0.15, 0.2) is 0 Å². The molecule has 6 nitrogen and oxygen atoms in total. The average molecular weight is 403 g/mol. The third kappa shape index (κ3) is 4.44. The van der Waals surface area contributed by atoms with E-state index in [-0.39, 0.29) is 17.8 Å². The normalized spacial score (nSPS) is 18.8. The molecule has 0 saturated carbocycles. The molecule has 2 aromatic carbocycles. The number of nitrogens with one attached hydrogen (secondary N) is 2. The monoisotopic (exact) mass is 403 g/mol. The fraction of sp³-hybridized carbons (Fsp3) is 0.250. The molecular weight excluding hydrogens is 378 g/mol. The number of nitrogens with zero attached hydrogens (tertiary/aromatic N) is 1. The first-order valence-corrected chi connectivity index (χ1v) is 10.1. The van der Waals surface area contributed by atoms with Crippen LogP contribution in [0.1, 0.15) is 24.2 Å². The number of rotatable bonds is 4. The summed E-state index contributed by atoms with van der Waals surface area (Å²) in [7, 11) is 0. The highest BCUT2D eigenvalue weighted by Crippen LogP contribution is 2.22. The van der Waals surface area contributed by atoms with Gasteiger partial charge in [0.1, 0.15) is 5.56 Å². The third-order valence-electron chi connectivity index (χ3n) is 5.15. The molecule has 4 rings (SSSR count). The van der Waals surface area contributed by atoms with Crippen molar-refractivity contribution in [1.82, 2.24) is 4.98 Å². The van der Waals surface area contributed by atoms with Gasteiger partial charge in [-0.05, 0) is 55.8 Å². The first-order valence-electron chi connectivity index (χ1n) is 10.1. The van der Waals surface area contributed by atoms with E-state index in [1.807, 2.05) is 54.6 Å². The van der Waals surface area contributed by atoms with Gasteiger partial charge in [-0.1, -0.05) is 30.3 Å². The van der Waals surface area contributed by atoms with Crippen LogP contribution in [0.3, 0.4) is 0 Å². The number of H-pyrrole nitrogens is 1. The third-order valence-corrected chi connectivity index (χ3v) is 5.15. The van der Waals surface area contributed by atoms with Crippen molar-refractivity contribution >= 4 is 17.3 Å². The van der Waals surface area contributed by atoms with Crippen molar-refractivity contribution in [2.24, 2.45) is 0 Å². The highest BCUT2D eigenvalue weighted by molar-refractivity contribution is 6.04. The van der Waals surface area contributed by atoms with E-state index < -0.39 is 11.5 Å². The number of aromatic amines is 1. The molecule has 2 heterocycles. The van der Waals surface area contributed by atoms with E-state index in [0.29, 0.717) is 11.4 Å². The Morgan fingerprint density at radius 2 is 1.63 bits per heavy atom. The molecule has 2 N–H and O–H groups in total. The molecule has 1 aromatic heterocycles. The Kier molecular flexibility index (Phi) is 5.68. The molecule has 2 atom stereocenters. The topological polar surface area (TPSA) is 74.4 Å². The summed E-state index contributed by atoms with van der Waals surface area (Å²) in [4.78, 5) is 30.1. The number of amides is 1. The summed E-state index contributed by atoms with van der Waals surface area (Å²) < 4.78 is 5.78. The summed E-state index contributed by atoms with van der Waals surface area (Å²) in [5.74, 6) is -0.433. The van der Waals surface area contributed by atoms with Crippen LogP contribution in [-0.4, -0.2) is 36.2 Å². The van der Waals surface area contributed by atoms with E-state index in [1.165, 1.54) is 0 Å². The maximum absolute atomic E-state index is 12.6. The van der Waals surface area contributed by atoms with E-state index in [9.17, 15) is 9.59 Å². The summed E-state index contributed by atoms with van der Waals surface area (Å²) in [6.07, 6.45) is 0.359. The number of carbonyl (C=O) groups is 1. The van der Waals surface area contributed by atoms with Gasteiger partial charge >= 0.3 is 0 Å². The zero-order valence-electron chi connectivity index (χ0n) is 17.1. The molecule has 154 valence electrons. The number of pyridine rings is 1. The molecule has 0 spiro atoms. The molecular formula is C24H25N3O3. The minimum Gasteiger partial charge on any atom is -0.372 e. The molecule has 3 aromatic rings. The average Bonchev–Trinajstić information content (AvgIpc) is 2.74. The quantitative estimate of drug-likeness (QED) is 0.693. The lowest BCUT2D eigenvalue weighted by Crippen LogP contribution is -2.45. The first-order chi connectivity index (χ1) is 14.5. The van der Waals surface area contributed by atoms with Crippen LogP contribution in [0.4, 0.5) is 11.4 Å². The minimum atomic E-state index is -0.433. The Hall–Kier alpha value is -3.38. The fourth-order valence-corrected chi connectivity index (χ4v) is 3.78.